The van der Waals surface area contributed by atoms with E-state index in [1.54, 1.807) is 0 Å². The van der Waals surface area contributed by atoms with Crippen molar-refractivity contribution in [1.29, 1.82) is 0 Å². The molecule has 1 aromatic carbocycles. The first-order chi connectivity index (χ1) is 9.19. The number of benzene rings is 1. The lowest BCUT2D eigenvalue weighted by Gasteiger charge is -2.33. The minimum absolute atomic E-state index is 0.189. The summed E-state index contributed by atoms with van der Waals surface area (Å²) in [7, 11) is 0. The molecule has 102 valence electrons. The van der Waals surface area contributed by atoms with Crippen LogP contribution >= 0.6 is 0 Å². The fourth-order valence-corrected chi connectivity index (χ4v) is 2.46. The molecule has 0 heterocycles. The van der Waals surface area contributed by atoms with Crippen molar-refractivity contribution in [2.75, 3.05) is 0 Å². The lowest BCUT2D eigenvalue weighted by atomic mass is 9.98. The van der Waals surface area contributed by atoms with Gasteiger partial charge >= 0.3 is 5.97 Å². The fraction of sp³-hybridized carbons (Fsp3) is 0.429. The van der Waals surface area contributed by atoms with Crippen molar-refractivity contribution < 1.29 is 19.5 Å². The summed E-state index contributed by atoms with van der Waals surface area (Å²) in [6.07, 6.45) is 2.95. The third-order valence-electron chi connectivity index (χ3n) is 3.56. The SMILES string of the molecule is O=CN(OCc1ccccc1)C1(C(=O)O)CCCC1. The van der Waals surface area contributed by atoms with Crippen LogP contribution in [-0.4, -0.2) is 28.1 Å². The van der Waals surface area contributed by atoms with E-state index in [1.807, 2.05) is 30.3 Å². The van der Waals surface area contributed by atoms with E-state index in [0.29, 0.717) is 19.3 Å². The minimum Gasteiger partial charge on any atom is -0.479 e. The quantitative estimate of drug-likeness (QED) is 0.629. The van der Waals surface area contributed by atoms with E-state index in [2.05, 4.69) is 0 Å². The van der Waals surface area contributed by atoms with Gasteiger partial charge in [0.1, 0.15) is 6.61 Å². The van der Waals surface area contributed by atoms with Crippen LogP contribution in [0.1, 0.15) is 31.2 Å². The first kappa shape index (κ1) is 13.5. The van der Waals surface area contributed by atoms with Crippen LogP contribution in [0.15, 0.2) is 30.3 Å². The predicted octanol–water partition coefficient (Wildman–Crippen LogP) is 1.97. The molecule has 1 saturated carbocycles. The van der Waals surface area contributed by atoms with Gasteiger partial charge in [-0.15, -0.1) is 0 Å². The van der Waals surface area contributed by atoms with Crippen LogP contribution in [0.4, 0.5) is 0 Å². The highest BCUT2D eigenvalue weighted by Crippen LogP contribution is 2.35. The summed E-state index contributed by atoms with van der Waals surface area (Å²) in [5, 5.41) is 10.4. The van der Waals surface area contributed by atoms with Gasteiger partial charge in [-0.05, 0) is 18.4 Å². The van der Waals surface area contributed by atoms with Gasteiger partial charge in [0.15, 0.2) is 5.54 Å². The van der Waals surface area contributed by atoms with E-state index in [9.17, 15) is 14.7 Å². The predicted molar refractivity (Wildman–Crippen MR) is 68.0 cm³/mol. The van der Waals surface area contributed by atoms with Crippen LogP contribution in [-0.2, 0) is 21.0 Å². The van der Waals surface area contributed by atoms with E-state index < -0.39 is 11.5 Å². The highest BCUT2D eigenvalue weighted by atomic mass is 16.7. The Morgan fingerprint density at radius 1 is 1.32 bits per heavy atom. The first-order valence-electron chi connectivity index (χ1n) is 6.34. The van der Waals surface area contributed by atoms with Crippen molar-refractivity contribution in [3.8, 4) is 0 Å². The standard InChI is InChI=1S/C14H17NO4/c16-11-15(14(13(17)18)8-4-5-9-14)19-10-12-6-2-1-3-7-12/h1-3,6-7,11H,4-5,8-10H2,(H,17,18). The number of nitrogens with zero attached hydrogens (tertiary/aromatic N) is 1. The molecular formula is C14H17NO4. The minimum atomic E-state index is -1.20. The second-order valence-corrected chi connectivity index (χ2v) is 4.73. The Hall–Kier alpha value is -1.88. The number of carboxylic acid groups (broad SMARTS) is 1. The van der Waals surface area contributed by atoms with Crippen molar-refractivity contribution in [1.82, 2.24) is 5.06 Å². The van der Waals surface area contributed by atoms with Crippen LogP contribution in [0.25, 0.3) is 0 Å². The number of rotatable bonds is 6. The summed E-state index contributed by atoms with van der Waals surface area (Å²) >= 11 is 0. The molecule has 0 unspecified atom stereocenters. The Balaban J connectivity index is 2.07. The van der Waals surface area contributed by atoms with Gasteiger partial charge in [0.25, 0.3) is 0 Å². The molecule has 1 fully saturated rings. The summed E-state index contributed by atoms with van der Waals surface area (Å²) in [5.74, 6) is -0.995. The molecule has 0 saturated heterocycles. The molecule has 0 aromatic heterocycles. The lowest BCUT2D eigenvalue weighted by molar-refractivity contribution is -0.222. The maximum Gasteiger partial charge on any atom is 0.332 e. The fourth-order valence-electron chi connectivity index (χ4n) is 2.46. The molecule has 1 N–H and O–H groups in total. The number of hydrogen-bond donors (Lipinski definition) is 1. The second-order valence-electron chi connectivity index (χ2n) is 4.73. The Morgan fingerprint density at radius 3 is 2.47 bits per heavy atom. The van der Waals surface area contributed by atoms with Crippen LogP contribution in [0.5, 0.6) is 0 Å². The van der Waals surface area contributed by atoms with E-state index in [0.717, 1.165) is 23.5 Å². The van der Waals surface area contributed by atoms with Crippen molar-refractivity contribution in [2.45, 2.75) is 37.8 Å². The molecule has 5 nitrogen and oxygen atoms in total. The number of carbonyl (C=O) groups is 2. The monoisotopic (exact) mass is 263 g/mol. The highest BCUT2D eigenvalue weighted by molar-refractivity contribution is 5.81. The van der Waals surface area contributed by atoms with Crippen molar-refractivity contribution in [3.63, 3.8) is 0 Å². The van der Waals surface area contributed by atoms with Crippen molar-refractivity contribution in [2.24, 2.45) is 0 Å². The number of aliphatic carboxylic acids is 1. The average Bonchev–Trinajstić information content (AvgIpc) is 2.91. The normalized spacial score (nSPS) is 17.1. The number of hydroxylamine groups is 2. The topological polar surface area (TPSA) is 66.8 Å². The third kappa shape index (κ3) is 2.76. The van der Waals surface area contributed by atoms with Crippen LogP contribution in [0.2, 0.25) is 0 Å². The number of hydrogen-bond acceptors (Lipinski definition) is 3. The lowest BCUT2D eigenvalue weighted by Crippen LogP contribution is -2.52. The van der Waals surface area contributed by atoms with Gasteiger partial charge in [0.2, 0.25) is 6.41 Å². The van der Waals surface area contributed by atoms with E-state index >= 15 is 0 Å². The van der Waals surface area contributed by atoms with Gasteiger partial charge in [-0.3, -0.25) is 9.63 Å². The largest absolute Gasteiger partial charge is 0.479 e. The number of carbonyl (C=O) groups excluding carboxylic acids is 1. The molecule has 2 rings (SSSR count). The second kappa shape index (κ2) is 5.84. The van der Waals surface area contributed by atoms with E-state index in [-0.39, 0.29) is 6.61 Å². The molecule has 0 aliphatic heterocycles. The summed E-state index contributed by atoms with van der Waals surface area (Å²) < 4.78 is 0. The Morgan fingerprint density at radius 2 is 1.95 bits per heavy atom. The third-order valence-corrected chi connectivity index (χ3v) is 3.56. The maximum absolute atomic E-state index is 11.5. The zero-order valence-electron chi connectivity index (χ0n) is 10.6. The molecule has 5 heteroatoms. The number of amides is 1. The van der Waals surface area contributed by atoms with Gasteiger partial charge in [0.05, 0.1) is 0 Å². The van der Waals surface area contributed by atoms with Crippen LogP contribution in [0.3, 0.4) is 0 Å². The van der Waals surface area contributed by atoms with Gasteiger partial charge in [0, 0.05) is 0 Å². The van der Waals surface area contributed by atoms with E-state index in [4.69, 9.17) is 4.84 Å². The molecule has 1 aromatic rings. The Kier molecular flexibility index (Phi) is 4.16. The van der Waals surface area contributed by atoms with Crippen molar-refractivity contribution >= 4 is 12.4 Å². The smallest absolute Gasteiger partial charge is 0.332 e. The molecule has 0 bridgehead atoms. The summed E-state index contributed by atoms with van der Waals surface area (Å²) in [4.78, 5) is 28.0. The van der Waals surface area contributed by atoms with Gasteiger partial charge < -0.3 is 5.11 Å². The summed E-state index contributed by atoms with van der Waals surface area (Å²) in [6.45, 7) is 0.189. The average molecular weight is 263 g/mol. The number of carboxylic acids is 1. The zero-order chi connectivity index (χ0) is 13.7. The molecule has 19 heavy (non-hydrogen) atoms. The van der Waals surface area contributed by atoms with Crippen LogP contribution in [0, 0.1) is 0 Å². The molecule has 1 aliphatic rings. The van der Waals surface area contributed by atoms with E-state index in [1.165, 1.54) is 0 Å². The molecule has 1 aliphatic carbocycles. The molecule has 0 radical (unpaired) electrons. The van der Waals surface area contributed by atoms with Crippen LogP contribution < -0.4 is 0 Å². The maximum atomic E-state index is 11.5. The van der Waals surface area contributed by atoms with Gasteiger partial charge in [-0.2, -0.15) is 0 Å². The summed E-state index contributed by atoms with van der Waals surface area (Å²) in [6, 6.07) is 9.35. The molecule has 0 spiro atoms. The highest BCUT2D eigenvalue weighted by Gasteiger charge is 2.47. The van der Waals surface area contributed by atoms with Crippen molar-refractivity contribution in [3.05, 3.63) is 35.9 Å². The van der Waals surface area contributed by atoms with Gasteiger partial charge in [-0.25, -0.2) is 9.86 Å². The molecule has 0 atom stereocenters. The molecular weight excluding hydrogens is 246 g/mol. The Bertz CT molecular complexity index is 440. The zero-order valence-corrected chi connectivity index (χ0v) is 10.6. The van der Waals surface area contributed by atoms with Gasteiger partial charge in [-0.1, -0.05) is 43.2 Å². The first-order valence-corrected chi connectivity index (χ1v) is 6.34. The Labute approximate surface area is 111 Å². The molecule has 1 amide bonds. The summed E-state index contributed by atoms with van der Waals surface area (Å²) in [5.41, 5.74) is -0.302.